The third-order valence-electron chi connectivity index (χ3n) is 4.15. The molecule has 1 aromatic carbocycles. The number of hydrogen-bond donors (Lipinski definition) is 1. The molecule has 3 heterocycles. The van der Waals surface area contributed by atoms with Crippen molar-refractivity contribution in [2.75, 3.05) is 11.9 Å². The first-order chi connectivity index (χ1) is 11.7. The average molecular weight is 323 g/mol. The SMILES string of the molecule is CCc1nnc2nc(-c3ccc4c(c3)NC(=O)CO4)cn2c1CC. The molecule has 122 valence electrons. The normalized spacial score (nSPS) is 13.5. The number of imidazole rings is 1. The number of rotatable bonds is 3. The number of hydrogen-bond acceptors (Lipinski definition) is 5. The molecule has 0 atom stereocenters. The van der Waals surface area contributed by atoms with Gasteiger partial charge in [-0.2, -0.15) is 5.10 Å². The summed E-state index contributed by atoms with van der Waals surface area (Å²) in [5.74, 6) is 1.10. The minimum Gasteiger partial charge on any atom is -0.482 e. The van der Waals surface area contributed by atoms with Gasteiger partial charge in [0.1, 0.15) is 5.75 Å². The number of carbonyl (C=O) groups is 1. The van der Waals surface area contributed by atoms with E-state index < -0.39 is 0 Å². The molecule has 1 amide bonds. The molecule has 0 unspecified atom stereocenters. The standard InChI is InChI=1S/C17H17N5O2/c1-3-11-14(4-2)22-8-13(19-17(22)21-20-11)10-5-6-15-12(7-10)18-16(23)9-24-15/h5-8H,3-4,9H2,1-2H3,(H,18,23). The fraction of sp³-hybridized carbons (Fsp3) is 0.294. The molecule has 1 aliphatic heterocycles. The van der Waals surface area contributed by atoms with E-state index >= 15 is 0 Å². The number of ether oxygens (including phenoxy) is 1. The lowest BCUT2D eigenvalue weighted by atomic mass is 10.1. The lowest BCUT2D eigenvalue weighted by Crippen LogP contribution is -2.25. The van der Waals surface area contributed by atoms with Crippen molar-refractivity contribution in [3.63, 3.8) is 0 Å². The van der Waals surface area contributed by atoms with Crippen LogP contribution in [0.2, 0.25) is 0 Å². The lowest BCUT2D eigenvalue weighted by molar-refractivity contribution is -0.118. The quantitative estimate of drug-likeness (QED) is 0.799. The van der Waals surface area contributed by atoms with E-state index in [4.69, 9.17) is 4.74 Å². The number of aryl methyl sites for hydroxylation is 2. The third-order valence-corrected chi connectivity index (χ3v) is 4.15. The Morgan fingerprint density at radius 1 is 1.25 bits per heavy atom. The van der Waals surface area contributed by atoms with Gasteiger partial charge in [0.25, 0.3) is 11.7 Å². The molecule has 2 aromatic heterocycles. The molecule has 1 N–H and O–H groups in total. The second-order valence-corrected chi connectivity index (χ2v) is 5.64. The Hall–Kier alpha value is -2.96. The number of carbonyl (C=O) groups excluding carboxylic acids is 1. The van der Waals surface area contributed by atoms with Gasteiger partial charge in [0, 0.05) is 17.5 Å². The van der Waals surface area contributed by atoms with Gasteiger partial charge < -0.3 is 10.1 Å². The van der Waals surface area contributed by atoms with E-state index in [1.165, 1.54) is 0 Å². The minimum atomic E-state index is -0.152. The molecule has 0 bridgehead atoms. The van der Waals surface area contributed by atoms with E-state index in [9.17, 15) is 4.79 Å². The zero-order chi connectivity index (χ0) is 16.7. The zero-order valence-electron chi connectivity index (χ0n) is 13.5. The maximum atomic E-state index is 11.5. The van der Waals surface area contributed by atoms with Gasteiger partial charge in [-0.1, -0.05) is 13.8 Å². The number of benzene rings is 1. The van der Waals surface area contributed by atoms with Gasteiger partial charge in [-0.05, 0) is 31.0 Å². The summed E-state index contributed by atoms with van der Waals surface area (Å²) in [4.78, 5) is 16.1. The van der Waals surface area contributed by atoms with E-state index in [0.29, 0.717) is 17.2 Å². The monoisotopic (exact) mass is 323 g/mol. The number of aromatic nitrogens is 4. The molecule has 7 heteroatoms. The summed E-state index contributed by atoms with van der Waals surface area (Å²) in [7, 11) is 0. The second kappa shape index (κ2) is 5.59. The molecule has 1 aliphatic rings. The summed E-state index contributed by atoms with van der Waals surface area (Å²) >= 11 is 0. The molecule has 0 radical (unpaired) electrons. The minimum absolute atomic E-state index is 0.0515. The van der Waals surface area contributed by atoms with E-state index in [0.717, 1.165) is 35.5 Å². The van der Waals surface area contributed by atoms with Crippen LogP contribution in [-0.4, -0.2) is 32.1 Å². The van der Waals surface area contributed by atoms with Crippen LogP contribution in [0.1, 0.15) is 25.2 Å². The smallest absolute Gasteiger partial charge is 0.262 e. The van der Waals surface area contributed by atoms with Crippen LogP contribution in [0.3, 0.4) is 0 Å². The first-order valence-corrected chi connectivity index (χ1v) is 8.00. The summed E-state index contributed by atoms with van der Waals surface area (Å²) in [6, 6.07) is 5.64. The molecular weight excluding hydrogens is 306 g/mol. The van der Waals surface area contributed by atoms with E-state index in [1.807, 2.05) is 28.8 Å². The molecule has 0 saturated carbocycles. The molecule has 4 rings (SSSR count). The fourth-order valence-electron chi connectivity index (χ4n) is 2.97. The molecule has 0 fully saturated rings. The van der Waals surface area contributed by atoms with Crippen LogP contribution in [0.15, 0.2) is 24.4 Å². The molecule has 24 heavy (non-hydrogen) atoms. The van der Waals surface area contributed by atoms with Gasteiger partial charge in [-0.3, -0.25) is 9.20 Å². The van der Waals surface area contributed by atoms with Gasteiger partial charge in [-0.15, -0.1) is 5.10 Å². The van der Waals surface area contributed by atoms with Gasteiger partial charge in [0.15, 0.2) is 6.61 Å². The van der Waals surface area contributed by atoms with Crippen LogP contribution in [0.25, 0.3) is 17.0 Å². The number of amides is 1. The maximum Gasteiger partial charge on any atom is 0.262 e. The Labute approximate surface area is 138 Å². The topological polar surface area (TPSA) is 81.4 Å². The van der Waals surface area contributed by atoms with Crippen LogP contribution >= 0.6 is 0 Å². The Bertz CT molecular complexity index is 948. The fourth-order valence-corrected chi connectivity index (χ4v) is 2.97. The van der Waals surface area contributed by atoms with Crippen molar-refractivity contribution >= 4 is 17.4 Å². The molecule has 0 spiro atoms. The molecular formula is C17H17N5O2. The Morgan fingerprint density at radius 2 is 2.12 bits per heavy atom. The molecule has 0 saturated heterocycles. The van der Waals surface area contributed by atoms with E-state index in [-0.39, 0.29) is 12.5 Å². The predicted octanol–water partition coefficient (Wildman–Crippen LogP) is 2.25. The van der Waals surface area contributed by atoms with Gasteiger partial charge in [-0.25, -0.2) is 4.98 Å². The van der Waals surface area contributed by atoms with E-state index in [2.05, 4.69) is 34.3 Å². The highest BCUT2D eigenvalue weighted by molar-refractivity contribution is 5.96. The van der Waals surface area contributed by atoms with Crippen LogP contribution in [0.5, 0.6) is 5.75 Å². The number of fused-ring (bicyclic) bond motifs is 2. The highest BCUT2D eigenvalue weighted by Crippen LogP contribution is 2.32. The highest BCUT2D eigenvalue weighted by atomic mass is 16.5. The van der Waals surface area contributed by atoms with Crippen LogP contribution < -0.4 is 10.1 Å². The second-order valence-electron chi connectivity index (χ2n) is 5.64. The largest absolute Gasteiger partial charge is 0.482 e. The van der Waals surface area contributed by atoms with Crippen molar-refractivity contribution in [1.82, 2.24) is 19.6 Å². The number of nitrogens with zero attached hydrogens (tertiary/aromatic N) is 4. The Morgan fingerprint density at radius 3 is 2.92 bits per heavy atom. The first kappa shape index (κ1) is 14.6. The third kappa shape index (κ3) is 2.29. The average Bonchev–Trinajstić information content (AvgIpc) is 3.04. The molecule has 0 aliphatic carbocycles. The summed E-state index contributed by atoms with van der Waals surface area (Å²) in [6.07, 6.45) is 3.66. The van der Waals surface area contributed by atoms with Crippen molar-refractivity contribution in [3.8, 4) is 17.0 Å². The van der Waals surface area contributed by atoms with Crippen LogP contribution in [-0.2, 0) is 17.6 Å². The Kier molecular flexibility index (Phi) is 3.41. The van der Waals surface area contributed by atoms with Gasteiger partial charge in [0.2, 0.25) is 0 Å². The lowest BCUT2D eigenvalue weighted by Gasteiger charge is -2.18. The summed E-state index contributed by atoms with van der Waals surface area (Å²) < 4.78 is 7.39. The summed E-state index contributed by atoms with van der Waals surface area (Å²) in [6.45, 7) is 4.22. The van der Waals surface area contributed by atoms with Crippen LogP contribution in [0.4, 0.5) is 5.69 Å². The van der Waals surface area contributed by atoms with Crippen molar-refractivity contribution in [1.29, 1.82) is 0 Å². The van der Waals surface area contributed by atoms with Crippen molar-refractivity contribution in [2.45, 2.75) is 26.7 Å². The Balaban J connectivity index is 1.82. The highest BCUT2D eigenvalue weighted by Gasteiger charge is 2.18. The van der Waals surface area contributed by atoms with Crippen molar-refractivity contribution in [3.05, 3.63) is 35.8 Å². The number of nitrogens with one attached hydrogen (secondary N) is 1. The summed E-state index contributed by atoms with van der Waals surface area (Å²) in [5, 5.41) is 11.3. The zero-order valence-corrected chi connectivity index (χ0v) is 13.5. The summed E-state index contributed by atoms with van der Waals surface area (Å²) in [5.41, 5.74) is 4.45. The number of anilines is 1. The predicted molar refractivity (Wildman–Crippen MR) is 89.1 cm³/mol. The van der Waals surface area contributed by atoms with Gasteiger partial charge in [0.05, 0.1) is 17.1 Å². The first-order valence-electron chi connectivity index (χ1n) is 8.00. The molecule has 3 aromatic rings. The van der Waals surface area contributed by atoms with Crippen LogP contribution in [0, 0.1) is 0 Å². The van der Waals surface area contributed by atoms with Crippen molar-refractivity contribution < 1.29 is 9.53 Å². The maximum absolute atomic E-state index is 11.5. The van der Waals surface area contributed by atoms with Gasteiger partial charge >= 0.3 is 0 Å². The van der Waals surface area contributed by atoms with Crippen molar-refractivity contribution in [2.24, 2.45) is 0 Å². The van der Waals surface area contributed by atoms with E-state index in [1.54, 1.807) is 0 Å². The molecule has 7 nitrogen and oxygen atoms in total.